The molecule has 1 nitrogen and oxygen atoms in total. The number of aromatic nitrogens is 1. The summed E-state index contributed by atoms with van der Waals surface area (Å²) in [6, 6.07) is 13.6. The molecule has 116 valence electrons. The van der Waals surface area contributed by atoms with Gasteiger partial charge < -0.3 is 0 Å². The van der Waals surface area contributed by atoms with Gasteiger partial charge in [0.15, 0.2) is 0 Å². The number of hydrogen-bond donors (Lipinski definition) is 0. The molecule has 0 bridgehead atoms. The van der Waals surface area contributed by atoms with Crippen LogP contribution in [-0.2, 0) is 36.7 Å². The first-order valence-corrected chi connectivity index (χ1v) is 11.0. The second-order valence-electron chi connectivity index (χ2n) is 6.82. The Morgan fingerprint density at radius 2 is 1.96 bits per heavy atom. The molecular weight excluding hydrogens is 369 g/mol. The Balaban J connectivity index is 1.78. The Bertz CT molecular complexity index is 1050. The predicted octanol–water partition coefficient (Wildman–Crippen LogP) is 4.61. The average molecular weight is 389 g/mol. The van der Waals surface area contributed by atoms with E-state index < -0.39 is 23.2 Å². The fourth-order valence-corrected chi connectivity index (χ4v) is 7.65. The monoisotopic (exact) mass is 387 g/mol. The molecule has 2 heteroatoms. The summed E-state index contributed by atoms with van der Waals surface area (Å²) in [5.74, 6) is 0. The van der Waals surface area contributed by atoms with Crippen LogP contribution in [-0.4, -0.2) is 4.57 Å². The number of nitrogens with zero attached hydrogens (tertiary/aromatic N) is 1. The van der Waals surface area contributed by atoms with E-state index in [0.29, 0.717) is 0 Å². The van der Waals surface area contributed by atoms with E-state index in [0.717, 1.165) is 6.42 Å². The molecule has 0 unspecified atom stereocenters. The Labute approximate surface area is 154 Å². The molecule has 0 atom stereocenters. The van der Waals surface area contributed by atoms with Crippen molar-refractivity contribution in [1.29, 1.82) is 0 Å². The maximum absolute atomic E-state index is 2.43. The molecule has 2 aliphatic rings. The molecule has 0 saturated heterocycles. The van der Waals surface area contributed by atoms with Gasteiger partial charge in [-0.25, -0.2) is 0 Å². The zero-order valence-electron chi connectivity index (χ0n) is 14.1. The van der Waals surface area contributed by atoms with E-state index in [2.05, 4.69) is 73.2 Å². The van der Waals surface area contributed by atoms with Crippen LogP contribution in [0.15, 0.2) is 57.9 Å². The van der Waals surface area contributed by atoms with Gasteiger partial charge in [-0.2, -0.15) is 0 Å². The molecule has 0 amide bonds. The summed E-state index contributed by atoms with van der Waals surface area (Å²) in [6.45, 7) is 2.31. The van der Waals surface area contributed by atoms with Crippen LogP contribution in [0.2, 0.25) is 0 Å². The summed E-state index contributed by atoms with van der Waals surface area (Å²) in [4.78, 5) is 0. The van der Waals surface area contributed by atoms with Gasteiger partial charge in [-0.05, 0) is 0 Å². The van der Waals surface area contributed by atoms with Crippen molar-refractivity contribution in [2.75, 3.05) is 0 Å². The van der Waals surface area contributed by atoms with Crippen molar-refractivity contribution in [2.24, 2.45) is 7.05 Å². The molecule has 5 rings (SSSR count). The van der Waals surface area contributed by atoms with Crippen LogP contribution in [0.25, 0.3) is 22.2 Å². The van der Waals surface area contributed by atoms with Gasteiger partial charge in [0.25, 0.3) is 0 Å². The third-order valence-corrected chi connectivity index (χ3v) is 9.27. The van der Waals surface area contributed by atoms with Crippen molar-refractivity contribution in [2.45, 2.75) is 19.8 Å². The molecular formula is C22H19NZr. The van der Waals surface area contributed by atoms with E-state index in [4.69, 9.17) is 0 Å². The van der Waals surface area contributed by atoms with E-state index in [9.17, 15) is 0 Å². The second-order valence-corrected chi connectivity index (χ2v) is 10.2. The van der Waals surface area contributed by atoms with Crippen molar-refractivity contribution >= 4 is 14.2 Å². The van der Waals surface area contributed by atoms with Crippen molar-refractivity contribution in [1.82, 2.24) is 4.57 Å². The molecule has 0 N–H and O–H groups in total. The van der Waals surface area contributed by atoms with E-state index in [-0.39, 0.29) is 0 Å². The summed E-state index contributed by atoms with van der Waals surface area (Å²) in [6.07, 6.45) is 9.17. The number of allylic oxidation sites excluding steroid dienone is 4. The van der Waals surface area contributed by atoms with Gasteiger partial charge in [0.2, 0.25) is 0 Å². The van der Waals surface area contributed by atoms with Gasteiger partial charge >= 0.3 is 155 Å². The maximum atomic E-state index is 2.43. The van der Waals surface area contributed by atoms with Crippen molar-refractivity contribution < 1.29 is 23.2 Å². The van der Waals surface area contributed by atoms with Crippen molar-refractivity contribution in [3.05, 3.63) is 74.6 Å². The molecule has 0 spiro atoms. The van der Waals surface area contributed by atoms with Crippen LogP contribution in [0.5, 0.6) is 0 Å². The van der Waals surface area contributed by atoms with Crippen LogP contribution in [0.1, 0.15) is 23.1 Å². The topological polar surface area (TPSA) is 4.93 Å². The van der Waals surface area contributed by atoms with Gasteiger partial charge in [-0.1, -0.05) is 0 Å². The van der Waals surface area contributed by atoms with Crippen molar-refractivity contribution in [3.63, 3.8) is 0 Å². The minimum atomic E-state index is -0.719. The van der Waals surface area contributed by atoms with Crippen molar-refractivity contribution in [3.8, 4) is 11.3 Å². The van der Waals surface area contributed by atoms with Gasteiger partial charge in [0, 0.05) is 0 Å². The summed E-state index contributed by atoms with van der Waals surface area (Å²) in [5.41, 5.74) is 8.85. The standard InChI is InChI=1S/C17H14N.C5H5.Zr/c1-11-7-8-16-14(9-11)15-10-12-5-3-4-6-13(12)17(15)18(16)2;1-2-4-5-3-1;/h3-8H,10H2,1-2H3;1-3H,4H2;. The van der Waals surface area contributed by atoms with Crippen LogP contribution in [0, 0.1) is 6.92 Å². The van der Waals surface area contributed by atoms with Gasteiger partial charge in [-0.3, -0.25) is 0 Å². The molecule has 3 aromatic rings. The SMILES string of the molecule is Cc1ccc2c(c3c(n2C)-c2ccccc2C3)[c]1[Zr][C]1=CC=CC1. The Morgan fingerprint density at radius 1 is 1.08 bits per heavy atom. The summed E-state index contributed by atoms with van der Waals surface area (Å²) in [5, 5.41) is 1.57. The van der Waals surface area contributed by atoms with E-state index >= 15 is 0 Å². The number of rotatable bonds is 2. The normalized spacial score (nSPS) is 14.8. The number of benzene rings is 2. The quantitative estimate of drug-likeness (QED) is 0.473. The van der Waals surface area contributed by atoms with Crippen LogP contribution >= 0.6 is 0 Å². The molecule has 24 heavy (non-hydrogen) atoms. The van der Waals surface area contributed by atoms with Gasteiger partial charge in [0.1, 0.15) is 0 Å². The summed E-state index contributed by atoms with van der Waals surface area (Å²) in [7, 11) is 2.24. The minimum absolute atomic E-state index is 0.719. The first-order valence-electron chi connectivity index (χ1n) is 8.56. The van der Waals surface area contributed by atoms with E-state index in [1.165, 1.54) is 34.3 Å². The number of fused-ring (bicyclic) bond motifs is 5. The fourth-order valence-electron chi connectivity index (χ4n) is 4.19. The Kier molecular flexibility index (Phi) is 3.32. The van der Waals surface area contributed by atoms with Crippen LogP contribution in [0.3, 0.4) is 0 Å². The van der Waals surface area contributed by atoms with Gasteiger partial charge in [0.05, 0.1) is 0 Å². The molecule has 0 fully saturated rings. The number of hydrogen-bond acceptors (Lipinski definition) is 0. The second kappa shape index (κ2) is 5.43. The van der Waals surface area contributed by atoms with Crippen LogP contribution in [0.4, 0.5) is 0 Å². The Morgan fingerprint density at radius 3 is 2.79 bits per heavy atom. The van der Waals surface area contributed by atoms with E-state index in [1.54, 1.807) is 17.5 Å². The molecule has 2 aromatic carbocycles. The third kappa shape index (κ3) is 2.02. The third-order valence-electron chi connectivity index (χ3n) is 5.37. The summed E-state index contributed by atoms with van der Waals surface area (Å²) >= 11 is -0.719. The first kappa shape index (κ1) is 14.7. The molecule has 1 aromatic heterocycles. The molecule has 1 heterocycles. The Hall–Kier alpha value is -1.66. The summed E-state index contributed by atoms with van der Waals surface area (Å²) < 4.78 is 5.82. The van der Waals surface area contributed by atoms with Gasteiger partial charge in [-0.15, -0.1) is 0 Å². The predicted molar refractivity (Wildman–Crippen MR) is 97.4 cm³/mol. The molecule has 0 radical (unpaired) electrons. The first-order chi connectivity index (χ1) is 11.7. The van der Waals surface area contributed by atoms with Crippen LogP contribution < -0.4 is 3.27 Å². The molecule has 0 saturated carbocycles. The molecule has 0 aliphatic heterocycles. The number of aryl methyl sites for hydroxylation is 2. The average Bonchev–Trinajstić information content (AvgIpc) is 3.27. The molecule has 2 aliphatic carbocycles. The van der Waals surface area contributed by atoms with E-state index in [1.807, 2.05) is 0 Å². The fraction of sp³-hybridized carbons (Fsp3) is 0.182. The zero-order valence-corrected chi connectivity index (χ0v) is 16.5. The zero-order chi connectivity index (χ0) is 16.3.